The summed E-state index contributed by atoms with van der Waals surface area (Å²) in [6.45, 7) is 1.93. The van der Waals surface area contributed by atoms with E-state index in [4.69, 9.17) is 10.9 Å². The molecule has 3 N–H and O–H groups in total. The van der Waals surface area contributed by atoms with Crippen molar-refractivity contribution in [1.82, 2.24) is 4.90 Å². The van der Waals surface area contributed by atoms with Crippen LogP contribution in [-0.2, 0) is 0 Å². The van der Waals surface area contributed by atoms with E-state index in [0.29, 0.717) is 13.0 Å². The molecule has 0 saturated carbocycles. The summed E-state index contributed by atoms with van der Waals surface area (Å²) in [5.74, 6) is -2.51. The van der Waals surface area contributed by atoms with Gasteiger partial charge in [-0.2, -0.15) is 0 Å². The van der Waals surface area contributed by atoms with Crippen LogP contribution in [0, 0.1) is 0 Å². The van der Waals surface area contributed by atoms with Crippen molar-refractivity contribution in [2.75, 3.05) is 13.1 Å². The molecule has 1 atom stereocenters. The predicted molar refractivity (Wildman–Crippen MR) is 48.6 cm³/mol. The minimum atomic E-state index is -2.58. The molecule has 6 heteroatoms. The van der Waals surface area contributed by atoms with Crippen molar-refractivity contribution in [1.29, 1.82) is 0 Å². The van der Waals surface area contributed by atoms with Crippen LogP contribution in [0.15, 0.2) is 5.16 Å². The fourth-order valence-corrected chi connectivity index (χ4v) is 1.61. The molecule has 0 bridgehead atoms. The lowest BCUT2D eigenvalue weighted by molar-refractivity contribution is 0.00870. The first-order chi connectivity index (χ1) is 6.44. The summed E-state index contributed by atoms with van der Waals surface area (Å²) < 4.78 is 25.6. The molecule has 1 saturated heterocycles. The molecule has 82 valence electrons. The van der Waals surface area contributed by atoms with Crippen molar-refractivity contribution in [3.63, 3.8) is 0 Å². The average Bonchev–Trinajstić information content (AvgIpc) is 2.46. The molecule has 1 rings (SSSR count). The van der Waals surface area contributed by atoms with Crippen molar-refractivity contribution >= 4 is 5.84 Å². The number of nitrogens with zero attached hydrogens (tertiary/aromatic N) is 2. The highest BCUT2D eigenvalue weighted by molar-refractivity contribution is 5.80. The van der Waals surface area contributed by atoms with Crippen molar-refractivity contribution < 1.29 is 14.0 Å². The number of alkyl halides is 2. The van der Waals surface area contributed by atoms with Crippen LogP contribution in [0.5, 0.6) is 0 Å². The molecule has 0 aliphatic carbocycles. The third kappa shape index (κ3) is 2.80. The van der Waals surface area contributed by atoms with E-state index in [1.807, 2.05) is 0 Å². The van der Waals surface area contributed by atoms with Crippen LogP contribution in [0.25, 0.3) is 0 Å². The average molecular weight is 207 g/mol. The van der Waals surface area contributed by atoms with Crippen LogP contribution in [-0.4, -0.2) is 41.0 Å². The van der Waals surface area contributed by atoms with E-state index in [2.05, 4.69) is 5.16 Å². The van der Waals surface area contributed by atoms with E-state index in [0.717, 1.165) is 0 Å². The van der Waals surface area contributed by atoms with Crippen LogP contribution < -0.4 is 5.73 Å². The normalized spacial score (nSPS) is 25.2. The molecule has 1 unspecified atom stereocenters. The minimum absolute atomic E-state index is 0.0766. The summed E-state index contributed by atoms with van der Waals surface area (Å²) in [6.07, 6.45) is 0.208. The number of hydrogen-bond donors (Lipinski definition) is 2. The van der Waals surface area contributed by atoms with Gasteiger partial charge in [0.15, 0.2) is 0 Å². The Balaban J connectivity index is 2.43. The molecule has 4 nitrogen and oxygen atoms in total. The maximum atomic E-state index is 12.8. The summed E-state index contributed by atoms with van der Waals surface area (Å²) >= 11 is 0. The molecular formula is C8H15F2N3O. The standard InChI is InChI=1S/C8H15F2N3O/c1-6(4-7(11)12-14)13-3-2-8(9,10)5-13/h6,14H,2-5H2,1H3,(H2,11,12). The first-order valence-electron chi connectivity index (χ1n) is 4.53. The minimum Gasteiger partial charge on any atom is -0.409 e. The summed E-state index contributed by atoms with van der Waals surface area (Å²) in [5.41, 5.74) is 5.29. The first kappa shape index (κ1) is 11.2. The van der Waals surface area contributed by atoms with E-state index in [1.165, 1.54) is 0 Å². The van der Waals surface area contributed by atoms with E-state index >= 15 is 0 Å². The topological polar surface area (TPSA) is 61.9 Å². The van der Waals surface area contributed by atoms with Gasteiger partial charge in [0.25, 0.3) is 5.92 Å². The lowest BCUT2D eigenvalue weighted by Gasteiger charge is -2.23. The highest BCUT2D eigenvalue weighted by Gasteiger charge is 2.39. The number of oxime groups is 1. The van der Waals surface area contributed by atoms with Gasteiger partial charge in [0.05, 0.1) is 6.54 Å². The molecule has 0 aromatic rings. The van der Waals surface area contributed by atoms with Crippen LogP contribution in [0.2, 0.25) is 0 Å². The Hall–Kier alpha value is -0.910. The summed E-state index contributed by atoms with van der Waals surface area (Å²) in [4.78, 5) is 1.65. The SMILES string of the molecule is CC(C/C(N)=N/O)N1CCC(F)(F)C1. The highest BCUT2D eigenvalue weighted by Crippen LogP contribution is 2.28. The molecular weight excluding hydrogens is 192 g/mol. The first-order valence-corrected chi connectivity index (χ1v) is 4.53. The predicted octanol–water partition coefficient (Wildman–Crippen LogP) is 0.852. The Morgan fingerprint density at radius 3 is 2.79 bits per heavy atom. The van der Waals surface area contributed by atoms with E-state index < -0.39 is 5.92 Å². The van der Waals surface area contributed by atoms with E-state index in [1.54, 1.807) is 11.8 Å². The number of halogens is 2. The molecule has 14 heavy (non-hydrogen) atoms. The molecule has 0 aromatic heterocycles. The van der Waals surface area contributed by atoms with Gasteiger partial charge in [-0.3, -0.25) is 4.90 Å². The summed E-state index contributed by atoms with van der Waals surface area (Å²) in [7, 11) is 0. The smallest absolute Gasteiger partial charge is 0.261 e. The van der Waals surface area contributed by atoms with Gasteiger partial charge in [0.1, 0.15) is 5.84 Å². The number of likely N-dealkylation sites (tertiary alicyclic amines) is 1. The molecule has 0 spiro atoms. The van der Waals surface area contributed by atoms with Gasteiger partial charge >= 0.3 is 0 Å². The van der Waals surface area contributed by atoms with Crippen LogP contribution in [0.4, 0.5) is 8.78 Å². The number of amidine groups is 1. The van der Waals surface area contributed by atoms with Crippen molar-refractivity contribution in [3.8, 4) is 0 Å². The Labute approximate surface area is 81.4 Å². The molecule has 1 heterocycles. The highest BCUT2D eigenvalue weighted by atomic mass is 19.3. The lowest BCUT2D eigenvalue weighted by atomic mass is 10.2. The third-order valence-corrected chi connectivity index (χ3v) is 2.46. The Bertz CT molecular complexity index is 233. The van der Waals surface area contributed by atoms with Gasteiger partial charge in [0.2, 0.25) is 0 Å². The van der Waals surface area contributed by atoms with E-state index in [-0.39, 0.29) is 24.8 Å². The lowest BCUT2D eigenvalue weighted by Crippen LogP contribution is -2.36. The zero-order chi connectivity index (χ0) is 10.8. The quantitative estimate of drug-likeness (QED) is 0.312. The van der Waals surface area contributed by atoms with Gasteiger partial charge in [-0.25, -0.2) is 8.78 Å². The fraction of sp³-hybridized carbons (Fsp3) is 0.875. The van der Waals surface area contributed by atoms with E-state index in [9.17, 15) is 8.78 Å². The Morgan fingerprint density at radius 1 is 1.71 bits per heavy atom. The molecule has 1 aliphatic rings. The van der Waals surface area contributed by atoms with Crippen LogP contribution >= 0.6 is 0 Å². The Morgan fingerprint density at radius 2 is 2.36 bits per heavy atom. The van der Waals surface area contributed by atoms with Crippen molar-refractivity contribution in [2.45, 2.75) is 31.7 Å². The molecule has 1 aliphatic heterocycles. The van der Waals surface area contributed by atoms with Crippen molar-refractivity contribution in [2.24, 2.45) is 10.9 Å². The molecule has 0 amide bonds. The van der Waals surface area contributed by atoms with Gasteiger partial charge in [0, 0.05) is 25.4 Å². The second-order valence-electron chi connectivity index (χ2n) is 3.72. The second-order valence-corrected chi connectivity index (χ2v) is 3.72. The number of rotatable bonds is 3. The number of nitrogens with two attached hydrogens (primary N) is 1. The third-order valence-electron chi connectivity index (χ3n) is 2.46. The monoisotopic (exact) mass is 207 g/mol. The molecule has 1 fully saturated rings. The molecule has 0 radical (unpaired) electrons. The molecule has 0 aromatic carbocycles. The van der Waals surface area contributed by atoms with Gasteiger partial charge < -0.3 is 10.9 Å². The van der Waals surface area contributed by atoms with Gasteiger partial charge in [-0.05, 0) is 6.92 Å². The maximum Gasteiger partial charge on any atom is 0.261 e. The number of hydrogen-bond acceptors (Lipinski definition) is 3. The zero-order valence-electron chi connectivity index (χ0n) is 8.08. The second kappa shape index (κ2) is 4.08. The Kier molecular flexibility index (Phi) is 3.25. The van der Waals surface area contributed by atoms with Crippen LogP contribution in [0.1, 0.15) is 19.8 Å². The van der Waals surface area contributed by atoms with Gasteiger partial charge in [-0.1, -0.05) is 5.16 Å². The zero-order valence-corrected chi connectivity index (χ0v) is 8.08. The summed E-state index contributed by atoms with van der Waals surface area (Å²) in [6, 6.07) is -0.112. The van der Waals surface area contributed by atoms with Crippen LogP contribution in [0.3, 0.4) is 0 Å². The maximum absolute atomic E-state index is 12.8. The van der Waals surface area contributed by atoms with Gasteiger partial charge in [-0.15, -0.1) is 0 Å². The summed E-state index contributed by atoms with van der Waals surface area (Å²) in [5, 5.41) is 11.1. The fourth-order valence-electron chi connectivity index (χ4n) is 1.61. The largest absolute Gasteiger partial charge is 0.409 e. The van der Waals surface area contributed by atoms with Crippen molar-refractivity contribution in [3.05, 3.63) is 0 Å².